The number of carbonyl (C=O) groups is 2. The smallest absolute Gasteiger partial charge is 0.227 e. The van der Waals surface area contributed by atoms with E-state index < -0.39 is 0 Å². The highest BCUT2D eigenvalue weighted by molar-refractivity contribution is 5.90. The summed E-state index contributed by atoms with van der Waals surface area (Å²) in [4.78, 5) is 27.7. The van der Waals surface area contributed by atoms with Gasteiger partial charge >= 0.3 is 0 Å². The Balaban J connectivity index is 1.32. The van der Waals surface area contributed by atoms with Crippen molar-refractivity contribution >= 4 is 22.6 Å². The van der Waals surface area contributed by atoms with E-state index in [1.54, 1.807) is 0 Å². The molecule has 3 aromatic rings. The number of nitrogens with one attached hydrogen (secondary N) is 1. The summed E-state index contributed by atoms with van der Waals surface area (Å²) in [6, 6.07) is 22.0. The second-order valence-corrected chi connectivity index (χ2v) is 9.02. The van der Waals surface area contributed by atoms with Gasteiger partial charge in [-0.1, -0.05) is 54.6 Å². The van der Waals surface area contributed by atoms with Gasteiger partial charge in [-0.3, -0.25) is 9.59 Å². The SMILES string of the molecule is CC(C)Oc1ccc(CNC(=O)C2CCCN(C(=O)Cc3cccc4ccccc34)C2)cc1. The predicted molar refractivity (Wildman–Crippen MR) is 131 cm³/mol. The molecule has 1 N–H and O–H groups in total. The molecule has 0 radical (unpaired) electrons. The van der Waals surface area contributed by atoms with Crippen LogP contribution in [0.3, 0.4) is 0 Å². The topological polar surface area (TPSA) is 58.6 Å². The van der Waals surface area contributed by atoms with Crippen LogP contribution in [-0.4, -0.2) is 35.9 Å². The fraction of sp³-hybridized carbons (Fsp3) is 0.357. The minimum absolute atomic E-state index is 0.0140. The number of hydrogen-bond acceptors (Lipinski definition) is 3. The van der Waals surface area contributed by atoms with Crippen molar-refractivity contribution < 1.29 is 14.3 Å². The number of nitrogens with zero attached hydrogens (tertiary/aromatic N) is 1. The van der Waals surface area contributed by atoms with Gasteiger partial charge in [0.15, 0.2) is 0 Å². The standard InChI is InChI=1S/C28H32N2O3/c1-20(2)33-25-14-12-21(13-15-25)18-29-28(32)24-10-6-16-30(19-24)27(31)17-23-9-5-8-22-7-3-4-11-26(22)23/h3-5,7-9,11-15,20,24H,6,10,16-19H2,1-2H3,(H,29,32). The third kappa shape index (κ3) is 5.92. The van der Waals surface area contributed by atoms with Crippen LogP contribution in [0.1, 0.15) is 37.8 Å². The number of ether oxygens (including phenoxy) is 1. The fourth-order valence-corrected chi connectivity index (χ4v) is 4.43. The van der Waals surface area contributed by atoms with Gasteiger partial charge in [-0.05, 0) is 60.7 Å². The summed E-state index contributed by atoms with van der Waals surface area (Å²) in [5.74, 6) is 0.760. The Morgan fingerprint density at radius 2 is 1.79 bits per heavy atom. The highest BCUT2D eigenvalue weighted by atomic mass is 16.5. The molecule has 3 aromatic carbocycles. The Kier molecular flexibility index (Phi) is 7.28. The third-order valence-corrected chi connectivity index (χ3v) is 6.13. The zero-order valence-corrected chi connectivity index (χ0v) is 19.4. The molecule has 1 aliphatic rings. The number of amides is 2. The molecule has 0 aromatic heterocycles. The van der Waals surface area contributed by atoms with E-state index in [0.29, 0.717) is 26.1 Å². The summed E-state index contributed by atoms with van der Waals surface area (Å²) in [5, 5.41) is 5.30. The molecule has 0 bridgehead atoms. The summed E-state index contributed by atoms with van der Waals surface area (Å²) in [5.41, 5.74) is 2.06. The molecular weight excluding hydrogens is 412 g/mol. The van der Waals surface area contributed by atoms with Crippen molar-refractivity contribution in [1.29, 1.82) is 0 Å². The lowest BCUT2D eigenvalue weighted by Crippen LogP contribution is -2.45. The molecule has 2 amide bonds. The Labute approximate surface area is 195 Å². The van der Waals surface area contributed by atoms with Crippen LogP contribution in [0.5, 0.6) is 5.75 Å². The van der Waals surface area contributed by atoms with Gasteiger partial charge < -0.3 is 15.0 Å². The minimum atomic E-state index is -0.168. The first-order valence-electron chi connectivity index (χ1n) is 11.8. The highest BCUT2D eigenvalue weighted by Gasteiger charge is 2.28. The maximum Gasteiger partial charge on any atom is 0.227 e. The first-order valence-corrected chi connectivity index (χ1v) is 11.8. The lowest BCUT2D eigenvalue weighted by molar-refractivity contribution is -0.135. The molecule has 0 saturated carbocycles. The van der Waals surface area contributed by atoms with Crippen LogP contribution in [-0.2, 0) is 22.6 Å². The maximum absolute atomic E-state index is 13.0. The molecule has 33 heavy (non-hydrogen) atoms. The number of rotatable bonds is 7. The quantitative estimate of drug-likeness (QED) is 0.573. The molecule has 4 rings (SSSR count). The van der Waals surface area contributed by atoms with Crippen LogP contribution in [0.2, 0.25) is 0 Å². The molecule has 1 heterocycles. The normalized spacial score (nSPS) is 16.1. The fourth-order valence-electron chi connectivity index (χ4n) is 4.43. The van der Waals surface area contributed by atoms with Gasteiger partial charge in [0.2, 0.25) is 11.8 Å². The summed E-state index contributed by atoms with van der Waals surface area (Å²) in [6.45, 7) is 5.66. The zero-order valence-electron chi connectivity index (χ0n) is 19.4. The summed E-state index contributed by atoms with van der Waals surface area (Å²) in [6.07, 6.45) is 2.15. The molecule has 1 atom stereocenters. The van der Waals surface area contributed by atoms with Crippen molar-refractivity contribution in [2.24, 2.45) is 5.92 Å². The van der Waals surface area contributed by atoms with E-state index >= 15 is 0 Å². The molecule has 1 saturated heterocycles. The van der Waals surface area contributed by atoms with Gasteiger partial charge in [0, 0.05) is 19.6 Å². The predicted octanol–water partition coefficient (Wildman–Crippen LogP) is 4.72. The van der Waals surface area contributed by atoms with E-state index in [2.05, 4.69) is 23.5 Å². The number of likely N-dealkylation sites (tertiary alicyclic amines) is 1. The first kappa shape index (κ1) is 22.8. The average molecular weight is 445 g/mol. The van der Waals surface area contributed by atoms with Crippen LogP contribution in [0.15, 0.2) is 66.7 Å². The summed E-state index contributed by atoms with van der Waals surface area (Å²) in [7, 11) is 0. The van der Waals surface area contributed by atoms with Gasteiger partial charge in [-0.15, -0.1) is 0 Å². The largest absolute Gasteiger partial charge is 0.491 e. The van der Waals surface area contributed by atoms with Gasteiger partial charge in [-0.25, -0.2) is 0 Å². The second kappa shape index (κ2) is 10.5. The molecule has 5 heteroatoms. The molecule has 5 nitrogen and oxygen atoms in total. The lowest BCUT2D eigenvalue weighted by Gasteiger charge is -2.32. The van der Waals surface area contributed by atoms with Crippen LogP contribution in [0, 0.1) is 5.92 Å². The molecule has 1 fully saturated rings. The van der Waals surface area contributed by atoms with E-state index in [1.165, 1.54) is 0 Å². The highest BCUT2D eigenvalue weighted by Crippen LogP contribution is 2.22. The van der Waals surface area contributed by atoms with Gasteiger partial charge in [0.05, 0.1) is 18.4 Å². The molecule has 0 spiro atoms. The third-order valence-electron chi connectivity index (χ3n) is 6.13. The van der Waals surface area contributed by atoms with Crippen LogP contribution >= 0.6 is 0 Å². The van der Waals surface area contributed by atoms with E-state index in [4.69, 9.17) is 4.74 Å². The summed E-state index contributed by atoms with van der Waals surface area (Å²) < 4.78 is 5.67. The van der Waals surface area contributed by atoms with Gasteiger partial charge in [-0.2, -0.15) is 0 Å². The van der Waals surface area contributed by atoms with Crippen LogP contribution in [0.25, 0.3) is 10.8 Å². The molecular formula is C28H32N2O3. The Morgan fingerprint density at radius 1 is 1.03 bits per heavy atom. The van der Waals surface area contributed by atoms with E-state index in [0.717, 1.165) is 40.5 Å². The maximum atomic E-state index is 13.0. The van der Waals surface area contributed by atoms with Crippen molar-refractivity contribution in [2.45, 2.75) is 45.8 Å². The lowest BCUT2D eigenvalue weighted by atomic mass is 9.95. The molecule has 0 aliphatic carbocycles. The Morgan fingerprint density at radius 3 is 2.58 bits per heavy atom. The van der Waals surface area contributed by atoms with E-state index in [1.807, 2.05) is 67.3 Å². The van der Waals surface area contributed by atoms with Crippen molar-refractivity contribution in [3.05, 3.63) is 77.9 Å². The molecule has 1 unspecified atom stereocenters. The first-order chi connectivity index (χ1) is 16.0. The number of benzene rings is 3. The number of carbonyl (C=O) groups excluding carboxylic acids is 2. The minimum Gasteiger partial charge on any atom is -0.491 e. The zero-order chi connectivity index (χ0) is 23.2. The summed E-state index contributed by atoms with van der Waals surface area (Å²) >= 11 is 0. The van der Waals surface area contributed by atoms with Crippen molar-refractivity contribution in [2.75, 3.05) is 13.1 Å². The van der Waals surface area contributed by atoms with E-state index in [9.17, 15) is 9.59 Å². The Bertz CT molecular complexity index is 1100. The van der Waals surface area contributed by atoms with Crippen molar-refractivity contribution in [3.8, 4) is 5.75 Å². The van der Waals surface area contributed by atoms with Crippen molar-refractivity contribution in [1.82, 2.24) is 10.2 Å². The average Bonchev–Trinajstić information content (AvgIpc) is 2.83. The number of piperidine rings is 1. The van der Waals surface area contributed by atoms with Crippen molar-refractivity contribution in [3.63, 3.8) is 0 Å². The number of hydrogen-bond donors (Lipinski definition) is 1. The van der Waals surface area contributed by atoms with Crippen LogP contribution in [0.4, 0.5) is 0 Å². The molecule has 172 valence electrons. The second-order valence-electron chi connectivity index (χ2n) is 9.02. The van der Waals surface area contributed by atoms with Gasteiger partial charge in [0.25, 0.3) is 0 Å². The monoisotopic (exact) mass is 444 g/mol. The van der Waals surface area contributed by atoms with E-state index in [-0.39, 0.29) is 23.8 Å². The number of fused-ring (bicyclic) bond motifs is 1. The van der Waals surface area contributed by atoms with Crippen LogP contribution < -0.4 is 10.1 Å². The molecule has 1 aliphatic heterocycles. The Hall–Kier alpha value is -3.34. The van der Waals surface area contributed by atoms with Gasteiger partial charge in [0.1, 0.15) is 5.75 Å².